The van der Waals surface area contributed by atoms with Gasteiger partial charge in [0.2, 0.25) is 0 Å². The number of nitrogens with two attached hydrogens (primary N) is 1. The molecule has 0 bridgehead atoms. The molecule has 7 heteroatoms. The van der Waals surface area contributed by atoms with Crippen LogP contribution in [0.2, 0.25) is 0 Å². The van der Waals surface area contributed by atoms with Crippen molar-refractivity contribution in [2.45, 2.75) is 13.3 Å². The summed E-state index contributed by atoms with van der Waals surface area (Å²) in [5.41, 5.74) is 4.01. The average Bonchev–Trinajstić information content (AvgIpc) is 2.14. The molecule has 1 amide bonds. The third-order valence-corrected chi connectivity index (χ3v) is 1.61. The van der Waals surface area contributed by atoms with Gasteiger partial charge in [-0.05, 0) is 19.1 Å². The number of carboxylic acids is 1. The molecule has 0 unspecified atom stereocenters. The van der Waals surface area contributed by atoms with Crippen molar-refractivity contribution in [1.29, 1.82) is 0 Å². The molecule has 0 saturated carbocycles. The minimum Gasteiger partial charge on any atom is -0.481 e. The highest BCUT2D eigenvalue weighted by Crippen LogP contribution is 2.10. The third-order valence-electron chi connectivity index (χ3n) is 1.61. The lowest BCUT2D eigenvalue weighted by atomic mass is 10.2. The highest BCUT2D eigenvalue weighted by Gasteiger charge is 2.12. The number of carbonyl (C=O) groups is 3. The van der Waals surface area contributed by atoms with Crippen molar-refractivity contribution in [1.82, 2.24) is 0 Å². The van der Waals surface area contributed by atoms with E-state index in [2.05, 4.69) is 0 Å². The molecule has 1 aromatic rings. The van der Waals surface area contributed by atoms with E-state index in [0.717, 1.165) is 18.2 Å². The van der Waals surface area contributed by atoms with Crippen LogP contribution in [0.3, 0.4) is 0 Å². The van der Waals surface area contributed by atoms with Crippen LogP contribution < -0.4 is 5.73 Å². The second-order valence-corrected chi connectivity index (χ2v) is 3.23. The molecule has 18 heavy (non-hydrogen) atoms. The summed E-state index contributed by atoms with van der Waals surface area (Å²) >= 11 is 0. The van der Waals surface area contributed by atoms with Crippen molar-refractivity contribution < 1.29 is 28.3 Å². The lowest BCUT2D eigenvalue weighted by molar-refractivity contribution is -0.139. The van der Waals surface area contributed by atoms with Gasteiger partial charge in [-0.1, -0.05) is 6.07 Å². The summed E-state index contributed by atoms with van der Waals surface area (Å²) in [5.74, 6) is -4.34. The molecule has 0 aliphatic carbocycles. The first-order valence-corrected chi connectivity index (χ1v) is 4.70. The van der Waals surface area contributed by atoms with Gasteiger partial charge in [0.25, 0.3) is 5.91 Å². The number of amides is 1. The molecule has 98 valence electrons. The largest absolute Gasteiger partial charge is 0.481 e. The van der Waals surface area contributed by atoms with Crippen LogP contribution in [-0.4, -0.2) is 22.8 Å². The van der Waals surface area contributed by atoms with Gasteiger partial charge in [-0.2, -0.15) is 0 Å². The number of rotatable bonds is 3. The molecule has 0 fully saturated rings. The fraction of sp³-hybridized carbons (Fsp3) is 0.182. The Morgan fingerprint density at radius 2 is 1.67 bits per heavy atom. The maximum Gasteiger partial charge on any atom is 0.310 e. The summed E-state index contributed by atoms with van der Waals surface area (Å²) in [7, 11) is 0. The van der Waals surface area contributed by atoms with Crippen LogP contribution in [0.25, 0.3) is 0 Å². The predicted molar refractivity (Wildman–Crippen MR) is 57.8 cm³/mol. The van der Waals surface area contributed by atoms with Crippen molar-refractivity contribution >= 4 is 17.7 Å². The van der Waals surface area contributed by atoms with E-state index in [-0.39, 0.29) is 12.2 Å². The minimum absolute atomic E-state index is 0.312. The molecule has 0 aliphatic heterocycles. The Hall–Kier alpha value is -2.31. The van der Waals surface area contributed by atoms with Crippen molar-refractivity contribution in [3.63, 3.8) is 0 Å². The normalized spacial score (nSPS) is 9.06. The van der Waals surface area contributed by atoms with Gasteiger partial charge in [-0.25, -0.2) is 8.78 Å². The van der Waals surface area contributed by atoms with Crippen LogP contribution in [0.1, 0.15) is 23.7 Å². The summed E-state index contributed by atoms with van der Waals surface area (Å²) in [4.78, 5) is 29.8. The van der Waals surface area contributed by atoms with E-state index in [0.29, 0.717) is 0 Å². The Balaban J connectivity index is 0.000000360. The molecule has 3 N–H and O–H groups in total. The maximum absolute atomic E-state index is 12.6. The molecule has 1 rings (SSSR count). The molecule has 0 aliphatic rings. The van der Waals surface area contributed by atoms with Crippen LogP contribution in [-0.2, 0) is 9.59 Å². The first-order valence-electron chi connectivity index (χ1n) is 4.70. The topological polar surface area (TPSA) is 97.5 Å². The second kappa shape index (κ2) is 7.10. The number of hydrogen-bond donors (Lipinski definition) is 2. The van der Waals surface area contributed by atoms with Gasteiger partial charge >= 0.3 is 5.97 Å². The van der Waals surface area contributed by atoms with Gasteiger partial charge in [0, 0.05) is 0 Å². The number of benzene rings is 1. The molecular formula is C11H11F2NO4. The maximum atomic E-state index is 12.6. The zero-order chi connectivity index (χ0) is 14.3. The van der Waals surface area contributed by atoms with Gasteiger partial charge in [0.15, 0.2) is 0 Å². The summed E-state index contributed by atoms with van der Waals surface area (Å²) < 4.78 is 25.1. The van der Waals surface area contributed by atoms with Crippen LogP contribution in [0.15, 0.2) is 18.2 Å². The molecular weight excluding hydrogens is 248 g/mol. The van der Waals surface area contributed by atoms with Crippen LogP contribution in [0.4, 0.5) is 8.78 Å². The lowest BCUT2D eigenvalue weighted by Crippen LogP contribution is -2.15. The molecule has 0 atom stereocenters. The highest BCUT2D eigenvalue weighted by atomic mass is 19.1. The molecule has 0 heterocycles. The van der Waals surface area contributed by atoms with Crippen molar-refractivity contribution in [3.8, 4) is 0 Å². The standard InChI is InChI=1S/C7H5F2NO.C4H6O3/c8-4-2-1-3-5(9)6(4)7(10)11;1-3(5)2-4(6)7/h1-3H,(H2,10,11);2H2,1H3,(H,6,7). The number of primary amides is 1. The number of ketones is 1. The number of Topliss-reactive ketones (excluding diaryl/α,β-unsaturated/α-hetero) is 1. The highest BCUT2D eigenvalue weighted by molar-refractivity contribution is 5.93. The number of hydrogen-bond acceptors (Lipinski definition) is 3. The molecule has 0 saturated heterocycles. The van der Waals surface area contributed by atoms with Crippen molar-refractivity contribution in [2.24, 2.45) is 5.73 Å². The Kier molecular flexibility index (Phi) is 6.19. The van der Waals surface area contributed by atoms with E-state index >= 15 is 0 Å². The second-order valence-electron chi connectivity index (χ2n) is 3.23. The predicted octanol–water partition coefficient (Wildman–Crippen LogP) is 1.11. The molecule has 0 spiro atoms. The first-order chi connectivity index (χ1) is 8.25. The Labute approximate surface area is 101 Å². The smallest absolute Gasteiger partial charge is 0.310 e. The molecule has 1 aromatic carbocycles. The Morgan fingerprint density at radius 1 is 1.22 bits per heavy atom. The fourth-order valence-electron chi connectivity index (χ4n) is 0.946. The first kappa shape index (κ1) is 15.7. The fourth-order valence-corrected chi connectivity index (χ4v) is 0.946. The summed E-state index contributed by atoms with van der Waals surface area (Å²) in [5, 5.41) is 7.86. The van der Waals surface area contributed by atoms with Crippen LogP contribution in [0, 0.1) is 11.6 Å². The summed E-state index contributed by atoms with van der Waals surface area (Å²) in [6, 6.07) is 3.11. The number of halogens is 2. The van der Waals surface area contributed by atoms with Gasteiger partial charge in [0.1, 0.15) is 29.4 Å². The van der Waals surface area contributed by atoms with Crippen molar-refractivity contribution in [3.05, 3.63) is 35.4 Å². The molecule has 0 radical (unpaired) electrons. The number of carboxylic acid groups (broad SMARTS) is 1. The minimum atomic E-state index is -1.10. The quantitative estimate of drug-likeness (QED) is 0.794. The van der Waals surface area contributed by atoms with Gasteiger partial charge in [-0.15, -0.1) is 0 Å². The monoisotopic (exact) mass is 259 g/mol. The lowest BCUT2D eigenvalue weighted by Gasteiger charge is -1.97. The van der Waals surface area contributed by atoms with Crippen LogP contribution >= 0.6 is 0 Å². The van der Waals surface area contributed by atoms with Crippen molar-refractivity contribution in [2.75, 3.05) is 0 Å². The zero-order valence-corrected chi connectivity index (χ0v) is 9.44. The van der Waals surface area contributed by atoms with E-state index in [1.165, 1.54) is 6.92 Å². The SMILES string of the molecule is CC(=O)CC(=O)O.NC(=O)c1c(F)cccc1F. The van der Waals surface area contributed by atoms with E-state index in [1.807, 2.05) is 0 Å². The van der Waals surface area contributed by atoms with Crippen LogP contribution in [0.5, 0.6) is 0 Å². The molecule has 0 aromatic heterocycles. The number of carbonyl (C=O) groups excluding carboxylic acids is 2. The Bertz CT molecular complexity index is 442. The van der Waals surface area contributed by atoms with E-state index in [1.54, 1.807) is 0 Å². The van der Waals surface area contributed by atoms with Gasteiger partial charge < -0.3 is 10.8 Å². The average molecular weight is 259 g/mol. The van der Waals surface area contributed by atoms with Gasteiger partial charge in [-0.3, -0.25) is 14.4 Å². The van der Waals surface area contributed by atoms with E-state index in [9.17, 15) is 23.2 Å². The third kappa shape index (κ3) is 5.69. The van der Waals surface area contributed by atoms with E-state index in [4.69, 9.17) is 10.8 Å². The van der Waals surface area contributed by atoms with E-state index < -0.39 is 29.1 Å². The summed E-state index contributed by atoms with van der Waals surface area (Å²) in [6.45, 7) is 1.24. The van der Waals surface area contributed by atoms with Gasteiger partial charge in [0.05, 0.1) is 0 Å². The Morgan fingerprint density at radius 3 is 1.83 bits per heavy atom. The summed E-state index contributed by atoms with van der Waals surface area (Å²) in [6.07, 6.45) is -0.361. The number of aliphatic carboxylic acids is 1. The zero-order valence-electron chi connectivity index (χ0n) is 9.44. The molecule has 5 nitrogen and oxygen atoms in total.